The van der Waals surface area contributed by atoms with Crippen LogP contribution in [0.3, 0.4) is 0 Å². The first-order chi connectivity index (χ1) is 8.13. The van der Waals surface area contributed by atoms with Crippen molar-refractivity contribution in [1.82, 2.24) is 9.97 Å². The minimum atomic E-state index is 0.855. The Balaban J connectivity index is 2.59. The van der Waals surface area contributed by atoms with Crippen LogP contribution in [0, 0.1) is 20.8 Å². The van der Waals surface area contributed by atoms with Gasteiger partial charge in [-0.1, -0.05) is 0 Å². The molecule has 0 unspecified atom stereocenters. The monoisotopic (exact) mass is 247 g/mol. The molecule has 0 aliphatic carbocycles. The highest BCUT2D eigenvalue weighted by Crippen LogP contribution is 2.31. The average Bonchev–Trinajstić information content (AvgIpc) is 2.70. The molecule has 0 aliphatic heterocycles. The van der Waals surface area contributed by atoms with Crippen molar-refractivity contribution in [2.75, 3.05) is 11.9 Å². The van der Waals surface area contributed by atoms with Crippen LogP contribution in [0.15, 0.2) is 11.4 Å². The molecule has 4 heteroatoms. The van der Waals surface area contributed by atoms with Gasteiger partial charge < -0.3 is 5.32 Å². The van der Waals surface area contributed by atoms with Gasteiger partial charge in [-0.05, 0) is 39.1 Å². The summed E-state index contributed by atoms with van der Waals surface area (Å²) in [5.74, 6) is 0.886. The number of anilines is 1. The summed E-state index contributed by atoms with van der Waals surface area (Å²) in [6, 6.07) is 2.11. The summed E-state index contributed by atoms with van der Waals surface area (Å²) in [6.45, 7) is 9.04. The molecule has 2 aromatic rings. The molecule has 0 saturated carbocycles. The summed E-state index contributed by atoms with van der Waals surface area (Å²) in [6.07, 6.45) is 0. The highest BCUT2D eigenvalue weighted by Gasteiger charge is 2.13. The van der Waals surface area contributed by atoms with E-state index in [4.69, 9.17) is 0 Å². The third kappa shape index (κ3) is 2.31. The number of hydrogen-bond acceptors (Lipinski definition) is 4. The van der Waals surface area contributed by atoms with E-state index in [1.807, 2.05) is 13.8 Å². The SMILES string of the molecule is CCNc1nc(C)c(C)nc1-c1ccsc1C. The van der Waals surface area contributed by atoms with Gasteiger partial charge in [0, 0.05) is 17.0 Å². The maximum Gasteiger partial charge on any atom is 0.152 e. The normalized spacial score (nSPS) is 10.6. The molecule has 0 atom stereocenters. The van der Waals surface area contributed by atoms with Gasteiger partial charge in [0.25, 0.3) is 0 Å². The summed E-state index contributed by atoms with van der Waals surface area (Å²) in [4.78, 5) is 10.5. The zero-order valence-corrected chi connectivity index (χ0v) is 11.5. The van der Waals surface area contributed by atoms with Gasteiger partial charge in [0.1, 0.15) is 5.69 Å². The Kier molecular flexibility index (Phi) is 3.43. The van der Waals surface area contributed by atoms with Gasteiger partial charge in [0.2, 0.25) is 0 Å². The quantitative estimate of drug-likeness (QED) is 0.901. The molecular formula is C13H17N3S. The Labute approximate surface area is 106 Å². The Morgan fingerprint density at radius 1 is 1.18 bits per heavy atom. The van der Waals surface area contributed by atoms with Gasteiger partial charge in [0.15, 0.2) is 5.82 Å². The molecule has 17 heavy (non-hydrogen) atoms. The summed E-state index contributed by atoms with van der Waals surface area (Å²) >= 11 is 1.74. The molecule has 0 fully saturated rings. The smallest absolute Gasteiger partial charge is 0.152 e. The molecule has 0 spiro atoms. The fourth-order valence-electron chi connectivity index (χ4n) is 1.71. The van der Waals surface area contributed by atoms with Crippen molar-refractivity contribution < 1.29 is 0 Å². The van der Waals surface area contributed by atoms with Crippen molar-refractivity contribution in [2.45, 2.75) is 27.7 Å². The number of nitrogens with zero attached hydrogens (tertiary/aromatic N) is 2. The van der Waals surface area contributed by atoms with Gasteiger partial charge >= 0.3 is 0 Å². The highest BCUT2D eigenvalue weighted by molar-refractivity contribution is 7.10. The fraction of sp³-hybridized carbons (Fsp3) is 0.385. The van der Waals surface area contributed by atoms with Gasteiger partial charge in [-0.15, -0.1) is 11.3 Å². The predicted molar refractivity (Wildman–Crippen MR) is 73.7 cm³/mol. The Morgan fingerprint density at radius 3 is 2.47 bits per heavy atom. The third-order valence-electron chi connectivity index (χ3n) is 2.77. The van der Waals surface area contributed by atoms with Gasteiger partial charge in [0.05, 0.1) is 11.4 Å². The summed E-state index contributed by atoms with van der Waals surface area (Å²) in [7, 11) is 0. The van der Waals surface area contributed by atoms with E-state index in [-0.39, 0.29) is 0 Å². The molecule has 1 N–H and O–H groups in total. The minimum absolute atomic E-state index is 0.855. The summed E-state index contributed by atoms with van der Waals surface area (Å²) in [5, 5.41) is 5.39. The van der Waals surface area contributed by atoms with E-state index in [9.17, 15) is 0 Å². The number of hydrogen-bond donors (Lipinski definition) is 1. The largest absolute Gasteiger partial charge is 0.369 e. The fourth-order valence-corrected chi connectivity index (χ4v) is 2.41. The molecule has 0 aromatic carbocycles. The zero-order chi connectivity index (χ0) is 12.4. The number of rotatable bonds is 3. The van der Waals surface area contributed by atoms with Gasteiger partial charge in [-0.2, -0.15) is 0 Å². The van der Waals surface area contributed by atoms with Crippen LogP contribution in [0.2, 0.25) is 0 Å². The Hall–Kier alpha value is -1.42. The lowest BCUT2D eigenvalue weighted by molar-refractivity contribution is 1.03. The molecule has 0 amide bonds. The van der Waals surface area contributed by atoms with Crippen molar-refractivity contribution in [2.24, 2.45) is 0 Å². The molecule has 0 radical (unpaired) electrons. The molecule has 2 heterocycles. The van der Waals surface area contributed by atoms with Gasteiger partial charge in [-0.25, -0.2) is 9.97 Å². The summed E-state index contributed by atoms with van der Waals surface area (Å²) in [5.41, 5.74) is 4.13. The van der Waals surface area contributed by atoms with E-state index in [0.29, 0.717) is 0 Å². The minimum Gasteiger partial charge on any atom is -0.369 e. The maximum atomic E-state index is 4.68. The lowest BCUT2D eigenvalue weighted by Crippen LogP contribution is -2.06. The first-order valence-corrected chi connectivity index (χ1v) is 6.65. The Bertz CT molecular complexity index is 531. The van der Waals surface area contributed by atoms with Crippen molar-refractivity contribution in [3.63, 3.8) is 0 Å². The zero-order valence-electron chi connectivity index (χ0n) is 10.7. The number of nitrogens with one attached hydrogen (secondary N) is 1. The van der Waals surface area contributed by atoms with E-state index in [0.717, 1.165) is 29.4 Å². The molecule has 0 bridgehead atoms. The van der Waals surface area contributed by atoms with E-state index in [1.165, 1.54) is 10.4 Å². The van der Waals surface area contributed by atoms with Crippen LogP contribution < -0.4 is 5.32 Å². The highest BCUT2D eigenvalue weighted by atomic mass is 32.1. The second kappa shape index (κ2) is 4.84. The number of aromatic nitrogens is 2. The number of aryl methyl sites for hydroxylation is 3. The van der Waals surface area contributed by atoms with Crippen LogP contribution in [0.1, 0.15) is 23.2 Å². The molecular weight excluding hydrogens is 230 g/mol. The van der Waals surface area contributed by atoms with Crippen molar-refractivity contribution in [3.05, 3.63) is 27.7 Å². The van der Waals surface area contributed by atoms with Crippen LogP contribution >= 0.6 is 11.3 Å². The van der Waals surface area contributed by atoms with Gasteiger partial charge in [-0.3, -0.25) is 0 Å². The van der Waals surface area contributed by atoms with E-state index >= 15 is 0 Å². The second-order valence-electron chi connectivity index (χ2n) is 4.01. The average molecular weight is 247 g/mol. The number of thiophene rings is 1. The lowest BCUT2D eigenvalue weighted by Gasteiger charge is -2.11. The van der Waals surface area contributed by atoms with Crippen molar-refractivity contribution >= 4 is 17.2 Å². The van der Waals surface area contributed by atoms with Crippen LogP contribution in [0.4, 0.5) is 5.82 Å². The van der Waals surface area contributed by atoms with E-state index in [2.05, 4.69) is 40.6 Å². The third-order valence-corrected chi connectivity index (χ3v) is 3.61. The van der Waals surface area contributed by atoms with Crippen LogP contribution in [0.5, 0.6) is 0 Å². The first kappa shape index (κ1) is 12.0. The van der Waals surface area contributed by atoms with E-state index < -0.39 is 0 Å². The van der Waals surface area contributed by atoms with Crippen molar-refractivity contribution in [1.29, 1.82) is 0 Å². The maximum absolute atomic E-state index is 4.68. The molecule has 2 rings (SSSR count). The topological polar surface area (TPSA) is 37.8 Å². The lowest BCUT2D eigenvalue weighted by atomic mass is 10.1. The second-order valence-corrected chi connectivity index (χ2v) is 5.13. The Morgan fingerprint density at radius 2 is 1.88 bits per heavy atom. The molecule has 3 nitrogen and oxygen atoms in total. The molecule has 0 saturated heterocycles. The van der Waals surface area contributed by atoms with Crippen molar-refractivity contribution in [3.8, 4) is 11.3 Å². The predicted octanol–water partition coefficient (Wildman–Crippen LogP) is 3.56. The van der Waals surface area contributed by atoms with Crippen LogP contribution in [-0.4, -0.2) is 16.5 Å². The van der Waals surface area contributed by atoms with Crippen LogP contribution in [-0.2, 0) is 0 Å². The van der Waals surface area contributed by atoms with E-state index in [1.54, 1.807) is 11.3 Å². The standard InChI is InChI=1S/C13H17N3S/c1-5-14-13-12(11-6-7-17-10(11)4)15-8(2)9(3)16-13/h6-7H,5H2,1-4H3,(H,14,16). The first-order valence-electron chi connectivity index (χ1n) is 5.77. The molecule has 2 aromatic heterocycles. The van der Waals surface area contributed by atoms with Crippen LogP contribution in [0.25, 0.3) is 11.3 Å². The molecule has 90 valence electrons. The molecule has 0 aliphatic rings. The summed E-state index contributed by atoms with van der Waals surface area (Å²) < 4.78 is 0.